The normalized spacial score (nSPS) is 15.7. The van der Waals surface area contributed by atoms with Gasteiger partial charge in [0.2, 0.25) is 0 Å². The lowest BCUT2D eigenvalue weighted by atomic mass is 9.99. The largest absolute Gasteiger partial charge is 0.332 e. The fourth-order valence-corrected chi connectivity index (χ4v) is 5.86. The van der Waals surface area contributed by atoms with Gasteiger partial charge in [0.15, 0.2) is 5.11 Å². The first-order valence-electron chi connectivity index (χ1n) is 10.0. The number of aryl methyl sites for hydroxylation is 1. The summed E-state index contributed by atoms with van der Waals surface area (Å²) in [7, 11) is -3.82. The molecule has 0 fully saturated rings. The highest BCUT2D eigenvalue weighted by Crippen LogP contribution is 2.36. The summed E-state index contributed by atoms with van der Waals surface area (Å²) >= 11 is 11.4. The van der Waals surface area contributed by atoms with E-state index in [2.05, 4.69) is 10.6 Å². The van der Waals surface area contributed by atoms with E-state index in [9.17, 15) is 12.8 Å². The van der Waals surface area contributed by atoms with Gasteiger partial charge in [-0.2, -0.15) is 0 Å². The van der Waals surface area contributed by atoms with E-state index in [1.54, 1.807) is 24.3 Å². The number of nitrogens with zero attached hydrogens (tertiary/aromatic N) is 1. The van der Waals surface area contributed by atoms with Crippen molar-refractivity contribution < 1.29 is 12.8 Å². The third kappa shape index (κ3) is 4.57. The molecule has 0 radical (unpaired) electrons. The lowest BCUT2D eigenvalue weighted by Crippen LogP contribution is -2.42. The third-order valence-electron chi connectivity index (χ3n) is 5.30. The standard InChI is InChI=1S/C23H21ClFN3O2S2/c1-15-6-7-16-14-17(25)8-13-22(16)28(15)32(29,30)19-11-9-18(10-12-19)26-23(31)27-21-5-3-2-4-20(21)24/h2-5,8-15H,6-7H2,1H3,(H2,26,27,31)/t15-/m1/s1. The van der Waals surface area contributed by atoms with E-state index < -0.39 is 10.0 Å². The van der Waals surface area contributed by atoms with Crippen molar-refractivity contribution in [3.05, 3.63) is 83.1 Å². The predicted molar refractivity (Wildman–Crippen MR) is 132 cm³/mol. The molecule has 3 aromatic rings. The summed E-state index contributed by atoms with van der Waals surface area (Å²) < 4.78 is 41.9. The number of rotatable bonds is 4. The quantitative estimate of drug-likeness (QED) is 0.452. The molecular weight excluding hydrogens is 469 g/mol. The Bertz CT molecular complexity index is 1270. The number of benzene rings is 3. The van der Waals surface area contributed by atoms with E-state index in [1.165, 1.54) is 34.6 Å². The Morgan fingerprint density at radius 1 is 1.09 bits per heavy atom. The first kappa shape index (κ1) is 22.5. The van der Waals surface area contributed by atoms with E-state index in [-0.39, 0.29) is 16.8 Å². The number of nitrogens with one attached hydrogen (secondary N) is 2. The number of sulfonamides is 1. The van der Waals surface area contributed by atoms with E-state index in [0.29, 0.717) is 45.6 Å². The zero-order valence-corrected chi connectivity index (χ0v) is 19.6. The fourth-order valence-electron chi connectivity index (χ4n) is 3.73. The number of fused-ring (bicyclic) bond motifs is 1. The second kappa shape index (κ2) is 9.05. The maximum Gasteiger partial charge on any atom is 0.264 e. The molecule has 0 amide bonds. The average molecular weight is 490 g/mol. The fraction of sp³-hybridized carbons (Fsp3) is 0.174. The Morgan fingerprint density at radius 3 is 2.53 bits per heavy atom. The van der Waals surface area contributed by atoms with Crippen LogP contribution in [-0.4, -0.2) is 19.6 Å². The molecule has 0 unspecified atom stereocenters. The van der Waals surface area contributed by atoms with Crippen LogP contribution in [0.3, 0.4) is 0 Å². The number of hydrogen-bond donors (Lipinski definition) is 2. The molecule has 0 saturated heterocycles. The monoisotopic (exact) mass is 489 g/mol. The molecule has 4 rings (SSSR count). The summed E-state index contributed by atoms with van der Waals surface area (Å²) in [4.78, 5) is 0.150. The van der Waals surface area contributed by atoms with Crippen LogP contribution in [0.1, 0.15) is 18.9 Å². The van der Waals surface area contributed by atoms with E-state index >= 15 is 0 Å². The van der Waals surface area contributed by atoms with Gasteiger partial charge in [0, 0.05) is 11.7 Å². The maximum atomic E-state index is 13.6. The van der Waals surface area contributed by atoms with Gasteiger partial charge in [0.1, 0.15) is 5.82 Å². The van der Waals surface area contributed by atoms with Gasteiger partial charge < -0.3 is 10.6 Å². The summed E-state index contributed by atoms with van der Waals surface area (Å²) in [5.74, 6) is -0.368. The van der Waals surface area contributed by atoms with Crippen molar-refractivity contribution in [1.82, 2.24) is 0 Å². The molecule has 0 aromatic heterocycles. The summed E-state index contributed by atoms with van der Waals surface area (Å²) in [6.07, 6.45) is 1.26. The first-order chi connectivity index (χ1) is 15.3. The smallest absolute Gasteiger partial charge is 0.264 e. The minimum absolute atomic E-state index is 0.150. The van der Waals surface area contributed by atoms with Gasteiger partial charge in [-0.1, -0.05) is 23.7 Å². The van der Waals surface area contributed by atoms with Crippen molar-refractivity contribution in [3.63, 3.8) is 0 Å². The van der Waals surface area contributed by atoms with Gasteiger partial charge in [0.25, 0.3) is 10.0 Å². The Balaban J connectivity index is 1.54. The maximum absolute atomic E-state index is 13.6. The number of halogens is 2. The molecule has 0 bridgehead atoms. The second-order valence-electron chi connectivity index (χ2n) is 7.54. The number of hydrogen-bond acceptors (Lipinski definition) is 3. The van der Waals surface area contributed by atoms with Gasteiger partial charge in [-0.3, -0.25) is 4.31 Å². The zero-order valence-electron chi connectivity index (χ0n) is 17.2. The number of thiocarbonyl (C=S) groups is 1. The molecule has 3 aromatic carbocycles. The highest BCUT2D eigenvalue weighted by molar-refractivity contribution is 7.92. The Kier molecular flexibility index (Phi) is 6.37. The summed E-state index contributed by atoms with van der Waals surface area (Å²) in [5, 5.41) is 6.89. The highest BCUT2D eigenvalue weighted by atomic mass is 35.5. The highest BCUT2D eigenvalue weighted by Gasteiger charge is 2.33. The Morgan fingerprint density at radius 2 is 1.81 bits per heavy atom. The van der Waals surface area contributed by atoms with Crippen LogP contribution in [0.2, 0.25) is 5.02 Å². The van der Waals surface area contributed by atoms with Crippen molar-refractivity contribution in [2.75, 3.05) is 14.9 Å². The Hall–Kier alpha value is -2.68. The van der Waals surface area contributed by atoms with Gasteiger partial charge >= 0.3 is 0 Å². The topological polar surface area (TPSA) is 61.4 Å². The van der Waals surface area contributed by atoms with Crippen molar-refractivity contribution in [3.8, 4) is 0 Å². The van der Waals surface area contributed by atoms with Gasteiger partial charge in [0.05, 0.1) is 21.3 Å². The van der Waals surface area contributed by atoms with Crippen LogP contribution < -0.4 is 14.9 Å². The zero-order chi connectivity index (χ0) is 22.9. The molecule has 5 nitrogen and oxygen atoms in total. The molecule has 1 aliphatic heterocycles. The predicted octanol–water partition coefficient (Wildman–Crippen LogP) is 5.82. The molecule has 0 aliphatic carbocycles. The molecule has 1 heterocycles. The van der Waals surface area contributed by atoms with Crippen LogP contribution in [0, 0.1) is 5.82 Å². The van der Waals surface area contributed by atoms with Crippen molar-refractivity contribution in [1.29, 1.82) is 0 Å². The summed E-state index contributed by atoms with van der Waals surface area (Å²) in [5.41, 5.74) is 2.51. The summed E-state index contributed by atoms with van der Waals surface area (Å²) in [6.45, 7) is 1.86. The molecule has 0 saturated carbocycles. The van der Waals surface area contributed by atoms with Crippen LogP contribution in [0.5, 0.6) is 0 Å². The SMILES string of the molecule is C[C@@H]1CCc2cc(F)ccc2N1S(=O)(=O)c1ccc(NC(=S)Nc2ccccc2Cl)cc1. The molecule has 1 atom stereocenters. The second-order valence-corrected chi connectivity index (χ2v) is 10.2. The van der Waals surface area contributed by atoms with Crippen molar-refractivity contribution in [2.24, 2.45) is 0 Å². The molecule has 166 valence electrons. The molecule has 9 heteroatoms. The molecule has 32 heavy (non-hydrogen) atoms. The van der Waals surface area contributed by atoms with Crippen LogP contribution in [0.25, 0.3) is 0 Å². The van der Waals surface area contributed by atoms with Gasteiger partial charge in [-0.15, -0.1) is 0 Å². The lowest BCUT2D eigenvalue weighted by Gasteiger charge is -2.36. The molecule has 1 aliphatic rings. The van der Waals surface area contributed by atoms with Crippen LogP contribution in [-0.2, 0) is 16.4 Å². The third-order valence-corrected chi connectivity index (χ3v) is 7.78. The van der Waals surface area contributed by atoms with Crippen molar-refractivity contribution >= 4 is 56.0 Å². The van der Waals surface area contributed by atoms with Gasteiger partial charge in [-0.25, -0.2) is 12.8 Å². The van der Waals surface area contributed by atoms with E-state index in [4.69, 9.17) is 23.8 Å². The first-order valence-corrected chi connectivity index (χ1v) is 12.2. The number of para-hydroxylation sites is 1. The minimum atomic E-state index is -3.82. The van der Waals surface area contributed by atoms with Gasteiger partial charge in [-0.05, 0) is 92.1 Å². The van der Waals surface area contributed by atoms with Crippen LogP contribution in [0.15, 0.2) is 71.6 Å². The van der Waals surface area contributed by atoms with Crippen molar-refractivity contribution in [2.45, 2.75) is 30.7 Å². The average Bonchev–Trinajstić information content (AvgIpc) is 2.75. The van der Waals surface area contributed by atoms with Crippen LogP contribution >= 0.6 is 23.8 Å². The molecule has 2 N–H and O–H groups in total. The summed E-state index contributed by atoms with van der Waals surface area (Å²) in [6, 6.07) is 17.6. The minimum Gasteiger partial charge on any atom is -0.332 e. The molecular formula is C23H21ClFN3O2S2. The van der Waals surface area contributed by atoms with E-state index in [1.807, 2.05) is 19.1 Å². The van der Waals surface area contributed by atoms with Crippen LogP contribution in [0.4, 0.5) is 21.5 Å². The lowest BCUT2D eigenvalue weighted by molar-refractivity contribution is 0.560. The van der Waals surface area contributed by atoms with E-state index in [0.717, 1.165) is 0 Å². The Labute approximate surface area is 197 Å². The molecule has 0 spiro atoms. The number of anilines is 3.